The van der Waals surface area contributed by atoms with Crippen LogP contribution in [0, 0.1) is 0 Å². The van der Waals surface area contributed by atoms with Gasteiger partial charge in [-0.2, -0.15) is 0 Å². The number of carbonyl (C=O) groups excluding carboxylic acids is 1. The molecule has 114 valence electrons. The molecule has 5 heteroatoms. The summed E-state index contributed by atoms with van der Waals surface area (Å²) in [6, 6.07) is 2.03. The van der Waals surface area contributed by atoms with Gasteiger partial charge in [-0.3, -0.25) is 4.90 Å². The van der Waals surface area contributed by atoms with Gasteiger partial charge in [0.2, 0.25) is 0 Å². The first-order chi connectivity index (χ1) is 9.78. The van der Waals surface area contributed by atoms with E-state index in [0.717, 1.165) is 44.8 Å². The van der Waals surface area contributed by atoms with E-state index in [2.05, 4.69) is 22.5 Å². The van der Waals surface area contributed by atoms with E-state index >= 15 is 0 Å². The zero-order valence-corrected chi connectivity index (χ0v) is 12.6. The van der Waals surface area contributed by atoms with Gasteiger partial charge < -0.3 is 15.5 Å². The molecular formula is C15H28N4O. The van der Waals surface area contributed by atoms with Crippen LogP contribution in [0.15, 0.2) is 0 Å². The normalized spacial score (nSPS) is 35.0. The highest BCUT2D eigenvalue weighted by molar-refractivity contribution is 5.77. The van der Waals surface area contributed by atoms with Gasteiger partial charge in [0.15, 0.2) is 0 Å². The molecule has 2 N–H and O–H groups in total. The molecule has 1 saturated carbocycles. The van der Waals surface area contributed by atoms with E-state index in [1.807, 2.05) is 4.90 Å². The lowest BCUT2D eigenvalue weighted by atomic mass is 9.89. The first-order valence-corrected chi connectivity index (χ1v) is 8.30. The van der Waals surface area contributed by atoms with Crippen molar-refractivity contribution in [1.29, 1.82) is 0 Å². The largest absolute Gasteiger partial charge is 0.336 e. The first-order valence-electron chi connectivity index (χ1n) is 8.30. The van der Waals surface area contributed by atoms with Crippen molar-refractivity contribution in [2.45, 2.75) is 57.2 Å². The average Bonchev–Trinajstić information content (AvgIpc) is 2.86. The molecule has 3 rings (SSSR count). The number of fused-ring (bicyclic) bond motifs is 1. The quantitative estimate of drug-likeness (QED) is 0.808. The molecule has 1 atom stereocenters. The lowest BCUT2D eigenvalue weighted by Gasteiger charge is -2.43. The molecule has 0 aromatic heterocycles. The minimum atomic E-state index is 0.141. The van der Waals surface area contributed by atoms with Crippen LogP contribution >= 0.6 is 0 Å². The fourth-order valence-corrected chi connectivity index (χ4v) is 3.95. The summed E-state index contributed by atoms with van der Waals surface area (Å²) in [6.45, 7) is 7.25. The van der Waals surface area contributed by atoms with Crippen LogP contribution < -0.4 is 10.6 Å². The molecule has 0 bridgehead atoms. The molecule has 5 nitrogen and oxygen atoms in total. The SMILES string of the molecule is CCCNC1CCC(N2CCN3C(=O)NCC3C2)CC1. The maximum atomic E-state index is 11.6. The van der Waals surface area contributed by atoms with Crippen LogP contribution in [0.3, 0.4) is 0 Å². The third kappa shape index (κ3) is 2.93. The van der Waals surface area contributed by atoms with Gasteiger partial charge in [-0.05, 0) is 38.6 Å². The smallest absolute Gasteiger partial charge is 0.317 e. The second-order valence-electron chi connectivity index (χ2n) is 6.49. The zero-order valence-electron chi connectivity index (χ0n) is 12.6. The summed E-state index contributed by atoms with van der Waals surface area (Å²) < 4.78 is 0. The highest BCUT2D eigenvalue weighted by Gasteiger charge is 2.38. The van der Waals surface area contributed by atoms with E-state index < -0.39 is 0 Å². The maximum Gasteiger partial charge on any atom is 0.317 e. The second-order valence-corrected chi connectivity index (χ2v) is 6.49. The molecule has 3 fully saturated rings. The molecule has 3 aliphatic rings. The highest BCUT2D eigenvalue weighted by atomic mass is 16.2. The topological polar surface area (TPSA) is 47.6 Å². The molecule has 2 saturated heterocycles. The average molecular weight is 280 g/mol. The van der Waals surface area contributed by atoms with Crippen LogP contribution in [0.4, 0.5) is 4.79 Å². The van der Waals surface area contributed by atoms with E-state index in [1.54, 1.807) is 0 Å². The molecule has 0 aromatic carbocycles. The number of nitrogens with zero attached hydrogens (tertiary/aromatic N) is 2. The van der Waals surface area contributed by atoms with Gasteiger partial charge in [0.05, 0.1) is 6.04 Å². The van der Waals surface area contributed by atoms with E-state index in [0.29, 0.717) is 6.04 Å². The molecule has 2 aliphatic heterocycles. The Bertz CT molecular complexity index is 341. The van der Waals surface area contributed by atoms with Gasteiger partial charge in [-0.25, -0.2) is 4.79 Å². The first kappa shape index (κ1) is 14.1. The predicted octanol–water partition coefficient (Wildman–Crippen LogP) is 1.01. The zero-order chi connectivity index (χ0) is 13.9. The number of nitrogens with one attached hydrogen (secondary N) is 2. The van der Waals surface area contributed by atoms with Crippen LogP contribution in [0.5, 0.6) is 0 Å². The van der Waals surface area contributed by atoms with Gasteiger partial charge in [0.1, 0.15) is 0 Å². The summed E-state index contributed by atoms with van der Waals surface area (Å²) in [5.41, 5.74) is 0. The second kappa shape index (κ2) is 6.31. The minimum absolute atomic E-state index is 0.141. The molecule has 2 heterocycles. The number of piperazine rings is 1. The highest BCUT2D eigenvalue weighted by Crippen LogP contribution is 2.26. The molecule has 20 heavy (non-hydrogen) atoms. The van der Waals surface area contributed by atoms with Crippen molar-refractivity contribution in [2.75, 3.05) is 32.7 Å². The summed E-state index contributed by atoms with van der Waals surface area (Å²) in [5.74, 6) is 0. The van der Waals surface area contributed by atoms with Gasteiger partial charge in [-0.15, -0.1) is 0 Å². The summed E-state index contributed by atoms with van der Waals surface area (Å²) in [6.07, 6.45) is 6.48. The summed E-state index contributed by atoms with van der Waals surface area (Å²) in [4.78, 5) is 16.3. The van der Waals surface area contributed by atoms with E-state index in [1.165, 1.54) is 32.1 Å². The van der Waals surface area contributed by atoms with Crippen LogP contribution in [-0.2, 0) is 0 Å². The number of carbonyl (C=O) groups is 1. The summed E-state index contributed by atoms with van der Waals surface area (Å²) >= 11 is 0. The van der Waals surface area contributed by atoms with Gasteiger partial charge in [0.25, 0.3) is 0 Å². The van der Waals surface area contributed by atoms with Crippen LogP contribution in [0.1, 0.15) is 39.0 Å². The molecule has 2 amide bonds. The predicted molar refractivity (Wildman–Crippen MR) is 79.8 cm³/mol. The van der Waals surface area contributed by atoms with Crippen molar-refractivity contribution in [3.8, 4) is 0 Å². The number of hydrogen-bond donors (Lipinski definition) is 2. The Hall–Kier alpha value is -0.810. The number of hydrogen-bond acceptors (Lipinski definition) is 3. The van der Waals surface area contributed by atoms with Crippen molar-refractivity contribution in [3.05, 3.63) is 0 Å². The molecule has 0 aromatic rings. The molecule has 1 aliphatic carbocycles. The van der Waals surface area contributed by atoms with Crippen LogP contribution in [-0.4, -0.2) is 66.7 Å². The molecule has 1 unspecified atom stereocenters. The monoisotopic (exact) mass is 280 g/mol. The van der Waals surface area contributed by atoms with Crippen LogP contribution in [0.25, 0.3) is 0 Å². The van der Waals surface area contributed by atoms with Crippen molar-refractivity contribution >= 4 is 6.03 Å². The van der Waals surface area contributed by atoms with Crippen molar-refractivity contribution < 1.29 is 4.79 Å². The van der Waals surface area contributed by atoms with Crippen molar-refractivity contribution in [2.24, 2.45) is 0 Å². The molecular weight excluding hydrogens is 252 g/mol. The van der Waals surface area contributed by atoms with E-state index in [-0.39, 0.29) is 6.03 Å². The van der Waals surface area contributed by atoms with Gasteiger partial charge in [0, 0.05) is 38.3 Å². The Kier molecular flexibility index (Phi) is 4.46. The van der Waals surface area contributed by atoms with Gasteiger partial charge in [-0.1, -0.05) is 6.92 Å². The maximum absolute atomic E-state index is 11.6. The lowest BCUT2D eigenvalue weighted by Crippen LogP contribution is -2.56. The van der Waals surface area contributed by atoms with Gasteiger partial charge >= 0.3 is 6.03 Å². The summed E-state index contributed by atoms with van der Waals surface area (Å²) in [7, 11) is 0. The number of amides is 2. The Morgan fingerprint density at radius 1 is 1.20 bits per heavy atom. The molecule has 0 spiro atoms. The van der Waals surface area contributed by atoms with E-state index in [9.17, 15) is 4.79 Å². The van der Waals surface area contributed by atoms with Crippen molar-refractivity contribution in [1.82, 2.24) is 20.4 Å². The third-order valence-electron chi connectivity index (χ3n) is 5.16. The summed E-state index contributed by atoms with van der Waals surface area (Å²) in [5, 5.41) is 6.62. The lowest BCUT2D eigenvalue weighted by molar-refractivity contribution is 0.0678. The minimum Gasteiger partial charge on any atom is -0.336 e. The van der Waals surface area contributed by atoms with Crippen LogP contribution in [0.2, 0.25) is 0 Å². The fourth-order valence-electron chi connectivity index (χ4n) is 3.95. The number of rotatable bonds is 4. The Balaban J connectivity index is 1.46. The standard InChI is InChI=1S/C15H28N4O/c1-2-7-16-12-3-5-13(6-4-12)18-8-9-19-14(11-18)10-17-15(19)20/h12-14,16H,2-11H2,1H3,(H,17,20). The van der Waals surface area contributed by atoms with Crippen molar-refractivity contribution in [3.63, 3.8) is 0 Å². The Morgan fingerprint density at radius 2 is 2.00 bits per heavy atom. The Labute approximate surface area is 122 Å². The number of urea groups is 1. The third-order valence-corrected chi connectivity index (χ3v) is 5.16. The van der Waals surface area contributed by atoms with E-state index in [4.69, 9.17) is 0 Å². The molecule has 0 radical (unpaired) electrons. The Morgan fingerprint density at radius 3 is 2.75 bits per heavy atom. The fraction of sp³-hybridized carbons (Fsp3) is 0.933.